The van der Waals surface area contributed by atoms with E-state index in [4.69, 9.17) is 10.5 Å². The van der Waals surface area contributed by atoms with Gasteiger partial charge in [-0.3, -0.25) is 4.90 Å². The predicted octanol–water partition coefficient (Wildman–Crippen LogP) is 1.27. The van der Waals surface area contributed by atoms with Crippen molar-refractivity contribution in [1.82, 2.24) is 4.90 Å². The fraction of sp³-hybridized carbons (Fsp3) is 0.538. The normalized spacial score (nSPS) is 19.2. The zero-order valence-electron chi connectivity index (χ0n) is 10.0. The number of benzene rings is 1. The van der Waals surface area contributed by atoms with Crippen LogP contribution in [0.5, 0.6) is 5.75 Å². The molecular weight excluding hydrogens is 200 g/mol. The highest BCUT2D eigenvalue weighted by Gasteiger charge is 2.24. The fourth-order valence-corrected chi connectivity index (χ4v) is 2.03. The third kappa shape index (κ3) is 2.97. The Morgan fingerprint density at radius 2 is 2.25 bits per heavy atom. The molecule has 2 N–H and O–H groups in total. The quantitative estimate of drug-likeness (QED) is 0.830. The Balaban J connectivity index is 1.93. The first-order valence-electron chi connectivity index (χ1n) is 5.83. The first-order valence-corrected chi connectivity index (χ1v) is 5.83. The van der Waals surface area contributed by atoms with Crippen molar-refractivity contribution in [3.8, 4) is 5.75 Å². The van der Waals surface area contributed by atoms with E-state index in [0.717, 1.165) is 25.3 Å². The van der Waals surface area contributed by atoms with E-state index in [1.807, 2.05) is 19.1 Å². The van der Waals surface area contributed by atoms with Gasteiger partial charge in [0.2, 0.25) is 0 Å². The largest absolute Gasteiger partial charge is 0.488 e. The van der Waals surface area contributed by atoms with Gasteiger partial charge in [0.05, 0.1) is 0 Å². The number of likely N-dealkylation sites (N-methyl/N-ethyl adjacent to an activating group) is 1. The van der Waals surface area contributed by atoms with Crippen LogP contribution in [0, 0.1) is 0 Å². The van der Waals surface area contributed by atoms with E-state index in [1.165, 1.54) is 5.56 Å². The molecule has 88 valence electrons. The number of ether oxygens (including phenoxy) is 1. The molecule has 1 unspecified atom stereocenters. The Bertz CT molecular complexity index is 346. The van der Waals surface area contributed by atoms with Gasteiger partial charge < -0.3 is 10.5 Å². The highest BCUT2D eigenvalue weighted by atomic mass is 16.5. The van der Waals surface area contributed by atoms with Gasteiger partial charge in [-0.25, -0.2) is 0 Å². The second kappa shape index (κ2) is 4.85. The average molecular weight is 220 g/mol. The van der Waals surface area contributed by atoms with Crippen LogP contribution >= 0.6 is 0 Å². The van der Waals surface area contributed by atoms with Crippen molar-refractivity contribution < 1.29 is 4.74 Å². The van der Waals surface area contributed by atoms with Gasteiger partial charge in [-0.1, -0.05) is 12.1 Å². The van der Waals surface area contributed by atoms with Crippen molar-refractivity contribution in [3.05, 3.63) is 29.8 Å². The van der Waals surface area contributed by atoms with Crippen LogP contribution in [-0.4, -0.2) is 37.2 Å². The van der Waals surface area contributed by atoms with Crippen molar-refractivity contribution >= 4 is 0 Å². The minimum absolute atomic E-state index is 0.199. The minimum atomic E-state index is 0.199. The van der Waals surface area contributed by atoms with Crippen LogP contribution in [0.4, 0.5) is 0 Å². The minimum Gasteiger partial charge on any atom is -0.488 e. The van der Waals surface area contributed by atoms with Crippen LogP contribution in [-0.2, 0) is 6.42 Å². The zero-order valence-corrected chi connectivity index (χ0v) is 10.0. The lowest BCUT2D eigenvalue weighted by atomic mass is 10.1. The summed E-state index contributed by atoms with van der Waals surface area (Å²) in [4.78, 5) is 2.25. The Morgan fingerprint density at radius 1 is 1.50 bits per heavy atom. The van der Waals surface area contributed by atoms with Gasteiger partial charge in [-0.05, 0) is 38.1 Å². The molecule has 0 aliphatic carbocycles. The summed E-state index contributed by atoms with van der Waals surface area (Å²) >= 11 is 0. The summed E-state index contributed by atoms with van der Waals surface area (Å²) in [5.74, 6) is 0.969. The standard InChI is InChI=1S/C13H20N2O/c1-10(14)6-11-4-3-5-12(7-11)16-13-8-15(2)9-13/h3-5,7,10,13H,6,8-9,14H2,1-2H3. The zero-order chi connectivity index (χ0) is 11.5. The third-order valence-electron chi connectivity index (χ3n) is 2.79. The smallest absolute Gasteiger partial charge is 0.124 e. The van der Waals surface area contributed by atoms with Crippen LogP contribution in [0.1, 0.15) is 12.5 Å². The maximum absolute atomic E-state index is 5.86. The van der Waals surface area contributed by atoms with E-state index in [1.54, 1.807) is 0 Å². The highest BCUT2D eigenvalue weighted by Crippen LogP contribution is 2.19. The Hall–Kier alpha value is -1.06. The van der Waals surface area contributed by atoms with Crippen molar-refractivity contribution in [1.29, 1.82) is 0 Å². The van der Waals surface area contributed by atoms with E-state index in [0.29, 0.717) is 6.10 Å². The highest BCUT2D eigenvalue weighted by molar-refractivity contribution is 5.29. The van der Waals surface area contributed by atoms with Gasteiger partial charge in [-0.15, -0.1) is 0 Å². The summed E-state index contributed by atoms with van der Waals surface area (Å²) in [7, 11) is 2.10. The van der Waals surface area contributed by atoms with E-state index in [9.17, 15) is 0 Å². The number of hydrogen-bond donors (Lipinski definition) is 1. The number of hydrogen-bond acceptors (Lipinski definition) is 3. The molecule has 1 heterocycles. The third-order valence-corrected chi connectivity index (χ3v) is 2.79. The van der Waals surface area contributed by atoms with Gasteiger partial charge in [0.25, 0.3) is 0 Å². The molecule has 0 radical (unpaired) electrons. The second-order valence-corrected chi connectivity index (χ2v) is 4.79. The fourth-order valence-electron chi connectivity index (χ4n) is 2.03. The molecule has 0 amide bonds. The van der Waals surface area contributed by atoms with E-state index in [2.05, 4.69) is 24.1 Å². The van der Waals surface area contributed by atoms with Crippen LogP contribution in [0.25, 0.3) is 0 Å². The molecule has 1 saturated heterocycles. The monoisotopic (exact) mass is 220 g/mol. The SMILES string of the molecule is CC(N)Cc1cccc(OC2CN(C)C2)c1. The lowest BCUT2D eigenvalue weighted by Crippen LogP contribution is -2.51. The Kier molecular flexibility index (Phi) is 3.46. The van der Waals surface area contributed by atoms with Crippen LogP contribution in [0.2, 0.25) is 0 Å². The summed E-state index contributed by atoms with van der Waals surface area (Å²) in [5.41, 5.74) is 7.03. The van der Waals surface area contributed by atoms with Crippen molar-refractivity contribution in [2.24, 2.45) is 5.73 Å². The average Bonchev–Trinajstić information content (AvgIpc) is 2.15. The molecule has 1 fully saturated rings. The van der Waals surface area contributed by atoms with E-state index in [-0.39, 0.29) is 6.04 Å². The van der Waals surface area contributed by atoms with Gasteiger partial charge in [-0.2, -0.15) is 0 Å². The molecule has 0 spiro atoms. The van der Waals surface area contributed by atoms with Crippen LogP contribution in [0.3, 0.4) is 0 Å². The first kappa shape index (κ1) is 11.4. The summed E-state index contributed by atoms with van der Waals surface area (Å²) in [6.45, 7) is 4.07. The van der Waals surface area contributed by atoms with Crippen LogP contribution < -0.4 is 10.5 Å². The molecule has 0 bridgehead atoms. The molecule has 1 aromatic carbocycles. The summed E-state index contributed by atoms with van der Waals surface area (Å²) in [6.07, 6.45) is 1.26. The molecule has 16 heavy (non-hydrogen) atoms. The van der Waals surface area contributed by atoms with Crippen molar-refractivity contribution in [2.45, 2.75) is 25.5 Å². The maximum Gasteiger partial charge on any atom is 0.124 e. The second-order valence-electron chi connectivity index (χ2n) is 4.79. The summed E-state index contributed by atoms with van der Waals surface area (Å²) in [5, 5.41) is 0. The lowest BCUT2D eigenvalue weighted by molar-refractivity contribution is 0.0388. The molecule has 2 rings (SSSR count). The first-order chi connectivity index (χ1) is 7.63. The Labute approximate surface area is 97.2 Å². The molecule has 1 aromatic rings. The number of nitrogens with zero attached hydrogens (tertiary/aromatic N) is 1. The molecule has 1 aliphatic rings. The van der Waals surface area contributed by atoms with Crippen molar-refractivity contribution in [3.63, 3.8) is 0 Å². The lowest BCUT2D eigenvalue weighted by Gasteiger charge is -2.36. The molecule has 0 saturated carbocycles. The maximum atomic E-state index is 5.86. The van der Waals surface area contributed by atoms with E-state index < -0.39 is 0 Å². The number of nitrogens with two attached hydrogens (primary N) is 1. The molecule has 0 aromatic heterocycles. The van der Waals surface area contributed by atoms with Crippen LogP contribution in [0.15, 0.2) is 24.3 Å². The van der Waals surface area contributed by atoms with E-state index >= 15 is 0 Å². The number of rotatable bonds is 4. The van der Waals surface area contributed by atoms with Gasteiger partial charge >= 0.3 is 0 Å². The predicted molar refractivity (Wildman–Crippen MR) is 65.7 cm³/mol. The van der Waals surface area contributed by atoms with Gasteiger partial charge in [0, 0.05) is 19.1 Å². The summed E-state index contributed by atoms with van der Waals surface area (Å²) < 4.78 is 5.86. The molecule has 1 atom stereocenters. The molecule has 3 nitrogen and oxygen atoms in total. The molecule has 3 heteroatoms. The Morgan fingerprint density at radius 3 is 2.88 bits per heavy atom. The van der Waals surface area contributed by atoms with Gasteiger partial charge in [0.15, 0.2) is 0 Å². The van der Waals surface area contributed by atoms with Gasteiger partial charge in [0.1, 0.15) is 11.9 Å². The summed E-state index contributed by atoms with van der Waals surface area (Å²) in [6, 6.07) is 8.45. The van der Waals surface area contributed by atoms with Crippen molar-refractivity contribution in [2.75, 3.05) is 20.1 Å². The topological polar surface area (TPSA) is 38.5 Å². The molecule has 1 aliphatic heterocycles. The number of likely N-dealkylation sites (tertiary alicyclic amines) is 1. The molecular formula is C13H20N2O.